The lowest BCUT2D eigenvalue weighted by molar-refractivity contribution is 0.618. The molecule has 2 nitrogen and oxygen atoms in total. The van der Waals surface area contributed by atoms with Crippen molar-refractivity contribution < 1.29 is 0 Å². The minimum atomic E-state index is 0.391. The van der Waals surface area contributed by atoms with E-state index in [0.717, 1.165) is 29.4 Å². The third kappa shape index (κ3) is 1.70. The first-order valence-electron chi connectivity index (χ1n) is 4.53. The molecule has 74 valence electrons. The van der Waals surface area contributed by atoms with Crippen molar-refractivity contribution in [3.63, 3.8) is 0 Å². The summed E-state index contributed by atoms with van der Waals surface area (Å²) in [5.74, 6) is 0. The Labute approximate surface area is 93.6 Å². The molecule has 1 aliphatic heterocycles. The molecule has 0 unspecified atom stereocenters. The van der Waals surface area contributed by atoms with Gasteiger partial charge in [0.05, 0.1) is 10.7 Å². The Morgan fingerprint density at radius 3 is 2.57 bits per heavy atom. The predicted octanol–water partition coefficient (Wildman–Crippen LogP) is 2.18. The van der Waals surface area contributed by atoms with E-state index in [-0.39, 0.29) is 0 Å². The summed E-state index contributed by atoms with van der Waals surface area (Å²) in [6, 6.07) is 5.73. The molecule has 0 atom stereocenters. The fraction of sp³-hybridized carbons (Fsp3) is 0.300. The van der Waals surface area contributed by atoms with Crippen LogP contribution in [0.15, 0.2) is 18.2 Å². The Balaban J connectivity index is 2.30. The van der Waals surface area contributed by atoms with E-state index in [1.807, 2.05) is 18.2 Å². The third-order valence-corrected chi connectivity index (χ3v) is 2.97. The molecular weight excluding hydrogens is 216 g/mol. The van der Waals surface area contributed by atoms with Gasteiger partial charge in [0.25, 0.3) is 0 Å². The van der Waals surface area contributed by atoms with Crippen LogP contribution < -0.4 is 10.6 Å². The van der Waals surface area contributed by atoms with E-state index in [2.05, 4.69) is 4.90 Å². The molecule has 1 saturated heterocycles. The summed E-state index contributed by atoms with van der Waals surface area (Å²) >= 11 is 11.0. The second-order valence-electron chi connectivity index (χ2n) is 3.37. The zero-order valence-corrected chi connectivity index (χ0v) is 9.24. The summed E-state index contributed by atoms with van der Waals surface area (Å²) in [7, 11) is 0. The first kappa shape index (κ1) is 9.74. The maximum Gasteiger partial charge on any atom is 0.104 e. The molecule has 0 saturated carbocycles. The smallest absolute Gasteiger partial charge is 0.104 e. The highest BCUT2D eigenvalue weighted by molar-refractivity contribution is 7.80. The normalized spacial score (nSPS) is 15.1. The molecule has 14 heavy (non-hydrogen) atoms. The van der Waals surface area contributed by atoms with Crippen LogP contribution in [0.1, 0.15) is 12.0 Å². The fourth-order valence-corrected chi connectivity index (χ4v) is 1.90. The number of hydrogen-bond donors (Lipinski definition) is 1. The van der Waals surface area contributed by atoms with Crippen molar-refractivity contribution in [1.82, 2.24) is 0 Å². The van der Waals surface area contributed by atoms with Gasteiger partial charge < -0.3 is 10.6 Å². The molecule has 0 amide bonds. The summed E-state index contributed by atoms with van der Waals surface area (Å²) in [5.41, 5.74) is 7.42. The Kier molecular flexibility index (Phi) is 2.61. The first-order chi connectivity index (χ1) is 6.68. The third-order valence-electron chi connectivity index (χ3n) is 2.43. The van der Waals surface area contributed by atoms with Crippen LogP contribution in [0.4, 0.5) is 5.69 Å². The number of benzene rings is 1. The van der Waals surface area contributed by atoms with E-state index in [1.54, 1.807) is 0 Å². The zero-order chi connectivity index (χ0) is 10.1. The molecular formula is C10H11ClN2S. The lowest BCUT2D eigenvalue weighted by atomic mass is 10.1. The number of nitrogens with zero attached hydrogens (tertiary/aromatic N) is 1. The first-order valence-corrected chi connectivity index (χ1v) is 5.31. The number of hydrogen-bond acceptors (Lipinski definition) is 2. The molecule has 1 aliphatic rings. The van der Waals surface area contributed by atoms with Gasteiger partial charge in [-0.1, -0.05) is 23.8 Å². The SMILES string of the molecule is NC(=S)c1ccc(N2CCC2)c(Cl)c1. The highest BCUT2D eigenvalue weighted by Crippen LogP contribution is 2.29. The average Bonchev–Trinajstić information content (AvgIpc) is 2.04. The van der Waals surface area contributed by atoms with Crippen LogP contribution in [0.5, 0.6) is 0 Å². The van der Waals surface area contributed by atoms with Crippen molar-refractivity contribution >= 4 is 34.5 Å². The summed E-state index contributed by atoms with van der Waals surface area (Å²) in [5, 5.41) is 0.731. The Morgan fingerprint density at radius 1 is 1.43 bits per heavy atom. The highest BCUT2D eigenvalue weighted by Gasteiger charge is 2.17. The van der Waals surface area contributed by atoms with Crippen molar-refractivity contribution in [1.29, 1.82) is 0 Å². The minimum Gasteiger partial charge on any atom is -0.389 e. The number of nitrogens with two attached hydrogens (primary N) is 1. The van der Waals surface area contributed by atoms with Crippen molar-refractivity contribution in [3.8, 4) is 0 Å². The standard InChI is InChI=1S/C10H11ClN2S/c11-8-6-7(10(12)14)2-3-9(8)13-4-1-5-13/h2-3,6H,1,4-5H2,(H2,12,14). The van der Waals surface area contributed by atoms with Crippen LogP contribution in [0.2, 0.25) is 5.02 Å². The van der Waals surface area contributed by atoms with Crippen molar-refractivity contribution in [2.45, 2.75) is 6.42 Å². The number of rotatable bonds is 2. The molecule has 1 heterocycles. The largest absolute Gasteiger partial charge is 0.389 e. The van der Waals surface area contributed by atoms with E-state index in [4.69, 9.17) is 29.6 Å². The molecule has 1 aromatic carbocycles. The van der Waals surface area contributed by atoms with Gasteiger partial charge in [0, 0.05) is 18.7 Å². The van der Waals surface area contributed by atoms with E-state index < -0.39 is 0 Å². The second kappa shape index (κ2) is 3.75. The van der Waals surface area contributed by atoms with Crippen LogP contribution >= 0.6 is 23.8 Å². The number of thiocarbonyl (C=S) groups is 1. The summed E-state index contributed by atoms with van der Waals surface area (Å²) in [6.07, 6.45) is 1.24. The van der Waals surface area contributed by atoms with Crippen LogP contribution in [-0.2, 0) is 0 Å². The monoisotopic (exact) mass is 226 g/mol. The van der Waals surface area contributed by atoms with Crippen LogP contribution in [0, 0.1) is 0 Å². The molecule has 0 spiro atoms. The van der Waals surface area contributed by atoms with Gasteiger partial charge in [0.15, 0.2) is 0 Å². The van der Waals surface area contributed by atoms with Gasteiger partial charge in [-0.15, -0.1) is 0 Å². The summed E-state index contributed by atoms with van der Waals surface area (Å²) < 4.78 is 0. The van der Waals surface area contributed by atoms with Crippen molar-refractivity contribution in [2.75, 3.05) is 18.0 Å². The van der Waals surface area contributed by atoms with E-state index in [0.29, 0.717) is 4.99 Å². The molecule has 0 aromatic heterocycles. The van der Waals surface area contributed by atoms with Gasteiger partial charge in [-0.25, -0.2) is 0 Å². The van der Waals surface area contributed by atoms with Crippen LogP contribution in [-0.4, -0.2) is 18.1 Å². The molecule has 0 aliphatic carbocycles. The minimum absolute atomic E-state index is 0.391. The highest BCUT2D eigenvalue weighted by atomic mass is 35.5. The lowest BCUT2D eigenvalue weighted by Crippen LogP contribution is -2.37. The quantitative estimate of drug-likeness (QED) is 0.784. The maximum atomic E-state index is 6.12. The molecule has 2 N–H and O–H groups in total. The second-order valence-corrected chi connectivity index (χ2v) is 4.22. The Hall–Kier alpha value is -0.800. The van der Waals surface area contributed by atoms with Gasteiger partial charge in [-0.2, -0.15) is 0 Å². The molecule has 1 aromatic rings. The maximum absolute atomic E-state index is 6.12. The molecule has 0 bridgehead atoms. The van der Waals surface area contributed by atoms with Gasteiger partial charge >= 0.3 is 0 Å². The predicted molar refractivity (Wildman–Crippen MR) is 64.2 cm³/mol. The lowest BCUT2D eigenvalue weighted by Gasteiger charge is -2.33. The molecule has 0 radical (unpaired) electrons. The van der Waals surface area contributed by atoms with Gasteiger partial charge in [0.1, 0.15) is 4.99 Å². The number of anilines is 1. The van der Waals surface area contributed by atoms with Crippen LogP contribution in [0.25, 0.3) is 0 Å². The van der Waals surface area contributed by atoms with Crippen molar-refractivity contribution in [3.05, 3.63) is 28.8 Å². The van der Waals surface area contributed by atoms with Gasteiger partial charge in [-0.3, -0.25) is 0 Å². The Morgan fingerprint density at radius 2 is 2.14 bits per heavy atom. The van der Waals surface area contributed by atoms with Gasteiger partial charge in [-0.05, 0) is 24.6 Å². The molecule has 1 fully saturated rings. The van der Waals surface area contributed by atoms with E-state index >= 15 is 0 Å². The molecule has 4 heteroatoms. The van der Waals surface area contributed by atoms with Gasteiger partial charge in [0.2, 0.25) is 0 Å². The van der Waals surface area contributed by atoms with Crippen LogP contribution in [0.3, 0.4) is 0 Å². The fourth-order valence-electron chi connectivity index (χ4n) is 1.47. The van der Waals surface area contributed by atoms with E-state index in [9.17, 15) is 0 Å². The summed E-state index contributed by atoms with van der Waals surface area (Å²) in [6.45, 7) is 2.18. The summed E-state index contributed by atoms with van der Waals surface area (Å²) in [4.78, 5) is 2.63. The average molecular weight is 227 g/mol. The van der Waals surface area contributed by atoms with E-state index in [1.165, 1.54) is 6.42 Å². The topological polar surface area (TPSA) is 29.3 Å². The zero-order valence-electron chi connectivity index (χ0n) is 7.66. The molecule has 2 rings (SSSR count). The van der Waals surface area contributed by atoms with Crippen molar-refractivity contribution in [2.24, 2.45) is 5.73 Å². The Bertz CT molecular complexity index is 374. The number of halogens is 1.